The number of carbonyl (C=O) groups excluding carboxylic acids is 1. The van der Waals surface area contributed by atoms with Crippen molar-refractivity contribution in [3.05, 3.63) is 64.5 Å². The molecular formula is C20H20F3KN4O4. The van der Waals surface area contributed by atoms with Crippen molar-refractivity contribution in [3.63, 3.8) is 0 Å². The number of non-ortho nitro benzene ring substituents is 1. The Kier molecular flexibility index (Phi) is 10.00. The Morgan fingerprint density at radius 1 is 1.16 bits per heavy atom. The largest absolute Gasteiger partial charge is 1.00 e. The molecule has 8 nitrogen and oxygen atoms in total. The number of rotatable bonds is 4. The molecule has 0 aliphatic heterocycles. The van der Waals surface area contributed by atoms with E-state index in [1.165, 1.54) is 35.2 Å². The third kappa shape index (κ3) is 8.60. The second kappa shape index (κ2) is 11.3. The van der Waals surface area contributed by atoms with E-state index in [2.05, 4.69) is 10.3 Å². The Morgan fingerprint density at radius 3 is 2.31 bits per heavy atom. The number of benzene rings is 2. The van der Waals surface area contributed by atoms with Gasteiger partial charge in [-0.3, -0.25) is 14.9 Å². The average Bonchev–Trinajstić information content (AvgIpc) is 3.02. The smallest absolute Gasteiger partial charge is 0.850 e. The maximum absolute atomic E-state index is 12.7. The first-order valence-corrected chi connectivity index (χ1v) is 9.01. The number of nitrogens with one attached hydrogen (secondary N) is 1. The number of hydrogen-bond donors (Lipinski definition) is 1. The summed E-state index contributed by atoms with van der Waals surface area (Å²) in [6.07, 6.45) is -3.25. The van der Waals surface area contributed by atoms with Crippen LogP contribution in [0, 0.1) is 10.1 Å². The van der Waals surface area contributed by atoms with Crippen molar-refractivity contribution >= 4 is 28.3 Å². The molecule has 166 valence electrons. The molecule has 0 unspecified atom stereocenters. The van der Waals surface area contributed by atoms with Crippen LogP contribution >= 0.6 is 0 Å². The zero-order valence-corrected chi connectivity index (χ0v) is 21.1. The molecule has 0 atom stereocenters. The maximum Gasteiger partial charge on any atom is 1.00 e. The summed E-state index contributed by atoms with van der Waals surface area (Å²) < 4.78 is 39.5. The van der Waals surface area contributed by atoms with Crippen LogP contribution in [0.3, 0.4) is 0 Å². The third-order valence-electron chi connectivity index (χ3n) is 3.61. The van der Waals surface area contributed by atoms with Gasteiger partial charge < -0.3 is 15.0 Å². The number of fused-ring (bicyclic) bond motifs is 1. The first-order valence-electron chi connectivity index (χ1n) is 9.01. The van der Waals surface area contributed by atoms with Crippen LogP contribution in [0.15, 0.2) is 48.8 Å². The van der Waals surface area contributed by atoms with Crippen molar-refractivity contribution in [2.24, 2.45) is 0 Å². The number of alkyl halides is 3. The van der Waals surface area contributed by atoms with Crippen LogP contribution in [0.5, 0.6) is 0 Å². The summed E-state index contributed by atoms with van der Waals surface area (Å²) in [6.45, 7) is 4.64. The minimum atomic E-state index is -4.51. The third-order valence-corrected chi connectivity index (χ3v) is 3.61. The molecule has 1 aromatic heterocycles. The Balaban J connectivity index is 0.000000770. The molecule has 3 aromatic rings. The fourth-order valence-corrected chi connectivity index (χ4v) is 2.47. The number of amides is 1. The molecule has 2 aromatic carbocycles. The zero-order valence-electron chi connectivity index (χ0n) is 17.9. The van der Waals surface area contributed by atoms with E-state index in [0.29, 0.717) is 5.52 Å². The molecule has 12 heteroatoms. The zero-order chi connectivity index (χ0) is 23.4. The van der Waals surface area contributed by atoms with Crippen LogP contribution in [-0.2, 0) is 17.5 Å². The molecular weight excluding hydrogens is 456 g/mol. The van der Waals surface area contributed by atoms with E-state index in [1.54, 1.807) is 26.8 Å². The van der Waals surface area contributed by atoms with Crippen molar-refractivity contribution in [1.82, 2.24) is 9.55 Å². The fraction of sp³-hybridized carbons (Fsp3) is 0.300. The number of hydrogen-bond acceptors (Lipinski definition) is 5. The van der Waals surface area contributed by atoms with Crippen molar-refractivity contribution in [3.8, 4) is 0 Å². The number of para-hydroxylation sites is 1. The van der Waals surface area contributed by atoms with Gasteiger partial charge in [-0.1, -0.05) is 32.9 Å². The van der Waals surface area contributed by atoms with E-state index in [4.69, 9.17) is 0 Å². The maximum atomic E-state index is 12.7. The van der Waals surface area contributed by atoms with E-state index >= 15 is 0 Å². The van der Waals surface area contributed by atoms with Gasteiger partial charge in [0.05, 0.1) is 22.3 Å². The second-order valence-electron chi connectivity index (χ2n) is 7.51. The van der Waals surface area contributed by atoms with E-state index in [0.717, 1.165) is 12.1 Å². The van der Waals surface area contributed by atoms with Gasteiger partial charge in [0, 0.05) is 11.8 Å². The number of anilines is 1. The van der Waals surface area contributed by atoms with Crippen LogP contribution < -0.4 is 61.8 Å². The van der Waals surface area contributed by atoms with Crippen LogP contribution in [0.25, 0.3) is 11.0 Å². The SMILES string of the molecule is CC(C)(C)[O-].O=C(Cn1cnc2c([N+](=O)[O-])cccc21)Nc1cccc(C(F)(F)F)c1.[K+]. The van der Waals surface area contributed by atoms with Crippen molar-refractivity contribution in [2.75, 3.05) is 5.32 Å². The van der Waals surface area contributed by atoms with Crippen LogP contribution in [0.4, 0.5) is 24.5 Å². The predicted octanol–water partition coefficient (Wildman–Crippen LogP) is 0.751. The molecule has 0 saturated carbocycles. The van der Waals surface area contributed by atoms with Crippen LogP contribution in [-0.4, -0.2) is 26.0 Å². The molecule has 1 heterocycles. The number of halogens is 3. The quantitative estimate of drug-likeness (QED) is 0.339. The average molecular weight is 476 g/mol. The molecule has 0 radical (unpaired) electrons. The number of carbonyl (C=O) groups is 1. The Hall–Kier alpha value is -1.83. The summed E-state index contributed by atoms with van der Waals surface area (Å²) in [5.41, 5.74) is -1.32. The van der Waals surface area contributed by atoms with Gasteiger partial charge in [0.2, 0.25) is 5.91 Å². The van der Waals surface area contributed by atoms with Gasteiger partial charge in [0.25, 0.3) is 5.69 Å². The molecule has 0 saturated heterocycles. The van der Waals surface area contributed by atoms with Crippen LogP contribution in [0.1, 0.15) is 26.3 Å². The number of nitro benzene ring substituents is 1. The summed E-state index contributed by atoms with van der Waals surface area (Å²) in [6, 6.07) is 8.57. The molecule has 0 spiro atoms. The normalized spacial score (nSPS) is 11.2. The Morgan fingerprint density at radius 2 is 1.75 bits per heavy atom. The van der Waals surface area contributed by atoms with E-state index in [1.807, 2.05) is 0 Å². The summed E-state index contributed by atoms with van der Waals surface area (Å²) >= 11 is 0. The Bertz CT molecular complexity index is 1090. The van der Waals surface area contributed by atoms with Gasteiger partial charge in [0.1, 0.15) is 6.54 Å². The minimum absolute atomic E-state index is 0. The molecule has 0 aliphatic rings. The van der Waals surface area contributed by atoms with E-state index in [9.17, 15) is 33.2 Å². The monoisotopic (exact) mass is 476 g/mol. The van der Waals surface area contributed by atoms with E-state index < -0.39 is 28.2 Å². The molecule has 0 aliphatic carbocycles. The molecule has 3 rings (SSSR count). The number of imidazole rings is 1. The number of aromatic nitrogens is 2. The van der Waals surface area contributed by atoms with Gasteiger partial charge >= 0.3 is 57.6 Å². The van der Waals surface area contributed by atoms with Gasteiger partial charge in [-0.25, -0.2) is 4.98 Å². The predicted molar refractivity (Wildman–Crippen MR) is 106 cm³/mol. The van der Waals surface area contributed by atoms with Crippen LogP contribution in [0.2, 0.25) is 0 Å². The first-order chi connectivity index (χ1) is 14.3. The molecule has 32 heavy (non-hydrogen) atoms. The molecule has 1 amide bonds. The Labute approximate surface area is 224 Å². The summed E-state index contributed by atoms with van der Waals surface area (Å²) in [7, 11) is 0. The fourth-order valence-electron chi connectivity index (χ4n) is 2.47. The van der Waals surface area contributed by atoms with Crippen molar-refractivity contribution in [1.29, 1.82) is 0 Å². The summed E-state index contributed by atoms with van der Waals surface area (Å²) in [4.78, 5) is 26.5. The van der Waals surface area contributed by atoms with Gasteiger partial charge in [-0.2, -0.15) is 13.2 Å². The van der Waals surface area contributed by atoms with Gasteiger partial charge in [-0.15, -0.1) is 5.60 Å². The first kappa shape index (κ1) is 28.2. The summed E-state index contributed by atoms with van der Waals surface area (Å²) in [5, 5.41) is 23.5. The topological polar surface area (TPSA) is 113 Å². The standard InChI is InChI=1S/C16H11F3N4O3.C4H9O.K/c17-16(18,19)10-3-1-4-11(7-10)21-14(24)8-22-9-20-15-12(22)5-2-6-13(15)23(25)26;1-4(2,3)5;/h1-7,9H,8H2,(H,21,24);1-3H3;/q;-1;+1. The molecule has 0 bridgehead atoms. The summed E-state index contributed by atoms with van der Waals surface area (Å²) in [5.74, 6) is -0.588. The molecule has 0 fully saturated rings. The number of nitrogens with zero attached hydrogens (tertiary/aromatic N) is 3. The van der Waals surface area contributed by atoms with E-state index in [-0.39, 0.29) is 74.8 Å². The second-order valence-corrected chi connectivity index (χ2v) is 7.51. The number of nitro groups is 1. The van der Waals surface area contributed by atoms with Crippen molar-refractivity contribution < 1.29 is 79.4 Å². The minimum Gasteiger partial charge on any atom is -0.850 e. The van der Waals surface area contributed by atoms with Crippen molar-refractivity contribution in [2.45, 2.75) is 39.1 Å². The van der Waals surface area contributed by atoms with Gasteiger partial charge in [-0.05, 0) is 24.3 Å². The molecule has 1 N–H and O–H groups in total. The van der Waals surface area contributed by atoms with Gasteiger partial charge in [0.15, 0.2) is 5.52 Å².